The maximum absolute atomic E-state index is 13.5. The molecule has 0 atom stereocenters. The van der Waals surface area contributed by atoms with E-state index in [2.05, 4.69) is 10.3 Å². The van der Waals surface area contributed by atoms with Crippen LogP contribution in [0.15, 0.2) is 42.7 Å². The number of benzene rings is 1. The number of carbonyl (C=O) groups excluding carboxylic acids is 1. The van der Waals surface area contributed by atoms with Gasteiger partial charge in [0.25, 0.3) is 5.91 Å². The quantitative estimate of drug-likeness (QED) is 0.868. The average molecular weight is 246 g/mol. The monoisotopic (exact) mass is 246 g/mol. The lowest BCUT2D eigenvalue weighted by Crippen LogP contribution is -2.23. The molecule has 2 aromatic rings. The van der Waals surface area contributed by atoms with Crippen molar-refractivity contribution >= 4 is 5.91 Å². The van der Waals surface area contributed by atoms with E-state index in [0.717, 1.165) is 5.56 Å². The number of aromatic nitrogens is 1. The predicted octanol–water partition coefficient (Wildman–Crippen LogP) is 1.86. The van der Waals surface area contributed by atoms with Crippen LogP contribution in [-0.2, 0) is 6.54 Å². The summed E-state index contributed by atoms with van der Waals surface area (Å²) in [6.45, 7) is 0.274. The van der Waals surface area contributed by atoms with E-state index in [1.165, 1.54) is 18.2 Å². The molecule has 1 amide bonds. The van der Waals surface area contributed by atoms with Gasteiger partial charge in [-0.25, -0.2) is 4.39 Å². The largest absolute Gasteiger partial charge is 0.505 e. The van der Waals surface area contributed by atoms with E-state index in [0.29, 0.717) is 0 Å². The van der Waals surface area contributed by atoms with Crippen LogP contribution in [0.3, 0.4) is 0 Å². The van der Waals surface area contributed by atoms with Gasteiger partial charge in [-0.1, -0.05) is 6.07 Å². The van der Waals surface area contributed by atoms with Crippen LogP contribution in [0.5, 0.6) is 5.75 Å². The Balaban J connectivity index is 2.07. The predicted molar refractivity (Wildman–Crippen MR) is 63.5 cm³/mol. The summed E-state index contributed by atoms with van der Waals surface area (Å²) in [7, 11) is 0. The Morgan fingerprint density at radius 2 is 2.00 bits per heavy atom. The topological polar surface area (TPSA) is 62.2 Å². The summed E-state index contributed by atoms with van der Waals surface area (Å²) >= 11 is 0. The van der Waals surface area contributed by atoms with Gasteiger partial charge >= 0.3 is 0 Å². The molecule has 92 valence electrons. The number of aromatic hydroxyl groups is 1. The number of nitrogens with one attached hydrogen (secondary N) is 1. The first-order valence-electron chi connectivity index (χ1n) is 5.33. The molecule has 0 aliphatic carbocycles. The van der Waals surface area contributed by atoms with Gasteiger partial charge in [-0.2, -0.15) is 0 Å². The molecule has 2 N–H and O–H groups in total. The smallest absolute Gasteiger partial charge is 0.254 e. The van der Waals surface area contributed by atoms with Crippen molar-refractivity contribution in [2.24, 2.45) is 0 Å². The van der Waals surface area contributed by atoms with Gasteiger partial charge in [0.05, 0.1) is 5.56 Å². The Hall–Kier alpha value is -2.43. The van der Waals surface area contributed by atoms with E-state index in [4.69, 9.17) is 0 Å². The van der Waals surface area contributed by atoms with Crippen LogP contribution in [0.1, 0.15) is 15.9 Å². The third-order valence-corrected chi connectivity index (χ3v) is 2.43. The Kier molecular flexibility index (Phi) is 3.52. The molecule has 18 heavy (non-hydrogen) atoms. The molecular weight excluding hydrogens is 235 g/mol. The highest BCUT2D eigenvalue weighted by atomic mass is 19.1. The van der Waals surface area contributed by atoms with Gasteiger partial charge in [-0.15, -0.1) is 0 Å². The second kappa shape index (κ2) is 5.27. The molecule has 0 spiro atoms. The number of halogens is 1. The second-order valence-electron chi connectivity index (χ2n) is 3.68. The van der Waals surface area contributed by atoms with Crippen molar-refractivity contribution in [1.82, 2.24) is 10.3 Å². The minimum absolute atomic E-state index is 0.177. The van der Waals surface area contributed by atoms with Gasteiger partial charge in [0.1, 0.15) is 0 Å². The first-order valence-corrected chi connectivity index (χ1v) is 5.33. The SMILES string of the molecule is O=C(NCc1ccncc1)c1cccc(O)c1F. The molecule has 0 aliphatic rings. The van der Waals surface area contributed by atoms with E-state index in [1.807, 2.05) is 0 Å². The first-order chi connectivity index (χ1) is 8.68. The van der Waals surface area contributed by atoms with Gasteiger partial charge < -0.3 is 10.4 Å². The summed E-state index contributed by atoms with van der Waals surface area (Å²) in [5.74, 6) is -2.02. The number of pyridine rings is 1. The molecule has 2 rings (SSSR count). The molecule has 0 unspecified atom stereocenters. The number of carbonyl (C=O) groups is 1. The molecule has 4 nitrogen and oxygen atoms in total. The zero-order valence-corrected chi connectivity index (χ0v) is 9.43. The lowest BCUT2D eigenvalue weighted by Gasteiger charge is -2.06. The van der Waals surface area contributed by atoms with Crippen molar-refractivity contribution in [3.05, 3.63) is 59.7 Å². The van der Waals surface area contributed by atoms with Crippen molar-refractivity contribution in [1.29, 1.82) is 0 Å². The normalized spacial score (nSPS) is 10.1. The fourth-order valence-corrected chi connectivity index (χ4v) is 1.47. The third kappa shape index (κ3) is 2.63. The Morgan fingerprint density at radius 1 is 1.28 bits per heavy atom. The summed E-state index contributed by atoms with van der Waals surface area (Å²) < 4.78 is 13.5. The molecule has 0 saturated carbocycles. The molecule has 0 bridgehead atoms. The highest BCUT2D eigenvalue weighted by molar-refractivity contribution is 5.94. The highest BCUT2D eigenvalue weighted by Gasteiger charge is 2.13. The van der Waals surface area contributed by atoms with Gasteiger partial charge in [0.15, 0.2) is 11.6 Å². The lowest BCUT2D eigenvalue weighted by atomic mass is 10.2. The molecule has 1 aromatic heterocycles. The highest BCUT2D eigenvalue weighted by Crippen LogP contribution is 2.18. The van der Waals surface area contributed by atoms with Gasteiger partial charge in [0, 0.05) is 18.9 Å². The number of nitrogens with zero attached hydrogens (tertiary/aromatic N) is 1. The molecular formula is C13H11FN2O2. The number of phenols is 1. The van der Waals surface area contributed by atoms with Crippen molar-refractivity contribution in [2.75, 3.05) is 0 Å². The fourth-order valence-electron chi connectivity index (χ4n) is 1.47. The molecule has 0 fully saturated rings. The minimum atomic E-state index is -0.912. The Labute approximate surface area is 103 Å². The zero-order chi connectivity index (χ0) is 13.0. The number of hydrogen-bond donors (Lipinski definition) is 2. The summed E-state index contributed by atoms with van der Waals surface area (Å²) in [5, 5.41) is 11.7. The zero-order valence-electron chi connectivity index (χ0n) is 9.43. The van der Waals surface area contributed by atoms with Crippen LogP contribution in [0.4, 0.5) is 4.39 Å². The molecule has 0 radical (unpaired) electrons. The Bertz CT molecular complexity index is 558. The van der Waals surface area contributed by atoms with Crippen LogP contribution in [-0.4, -0.2) is 16.0 Å². The van der Waals surface area contributed by atoms with Gasteiger partial charge in [-0.05, 0) is 29.8 Å². The molecule has 0 saturated heterocycles. The van der Waals surface area contributed by atoms with Crippen LogP contribution in [0, 0.1) is 5.82 Å². The van der Waals surface area contributed by atoms with Gasteiger partial charge in [0.2, 0.25) is 0 Å². The van der Waals surface area contributed by atoms with Crippen molar-refractivity contribution < 1.29 is 14.3 Å². The van der Waals surface area contributed by atoms with Crippen LogP contribution in [0.25, 0.3) is 0 Å². The van der Waals surface area contributed by atoms with E-state index >= 15 is 0 Å². The first kappa shape index (κ1) is 12.0. The van der Waals surface area contributed by atoms with E-state index < -0.39 is 17.5 Å². The lowest BCUT2D eigenvalue weighted by molar-refractivity contribution is 0.0946. The Morgan fingerprint density at radius 3 is 2.72 bits per heavy atom. The maximum atomic E-state index is 13.5. The minimum Gasteiger partial charge on any atom is -0.505 e. The van der Waals surface area contributed by atoms with E-state index in [1.54, 1.807) is 24.5 Å². The second-order valence-corrected chi connectivity index (χ2v) is 3.68. The van der Waals surface area contributed by atoms with E-state index in [9.17, 15) is 14.3 Å². The van der Waals surface area contributed by atoms with Crippen molar-refractivity contribution in [3.8, 4) is 5.75 Å². The molecule has 5 heteroatoms. The maximum Gasteiger partial charge on any atom is 0.254 e. The number of hydrogen-bond acceptors (Lipinski definition) is 3. The summed E-state index contributed by atoms with van der Waals surface area (Å²) in [6.07, 6.45) is 3.22. The van der Waals surface area contributed by atoms with Crippen LogP contribution in [0.2, 0.25) is 0 Å². The number of phenolic OH excluding ortho intramolecular Hbond substituents is 1. The summed E-state index contributed by atoms with van der Waals surface area (Å²) in [4.78, 5) is 15.6. The summed E-state index contributed by atoms with van der Waals surface area (Å²) in [6, 6.07) is 7.42. The third-order valence-electron chi connectivity index (χ3n) is 2.43. The van der Waals surface area contributed by atoms with Crippen molar-refractivity contribution in [2.45, 2.75) is 6.54 Å². The molecule has 1 aromatic carbocycles. The molecule has 1 heterocycles. The average Bonchev–Trinajstić information content (AvgIpc) is 2.40. The van der Waals surface area contributed by atoms with Crippen molar-refractivity contribution in [3.63, 3.8) is 0 Å². The summed E-state index contributed by atoms with van der Waals surface area (Å²) in [5.41, 5.74) is 0.683. The fraction of sp³-hybridized carbons (Fsp3) is 0.0769. The number of amides is 1. The number of rotatable bonds is 3. The van der Waals surface area contributed by atoms with Crippen LogP contribution >= 0.6 is 0 Å². The van der Waals surface area contributed by atoms with E-state index in [-0.39, 0.29) is 12.1 Å². The van der Waals surface area contributed by atoms with Crippen LogP contribution < -0.4 is 5.32 Å². The molecule has 0 aliphatic heterocycles. The van der Waals surface area contributed by atoms with Gasteiger partial charge in [-0.3, -0.25) is 9.78 Å². The standard InChI is InChI=1S/C13H11FN2O2/c14-12-10(2-1-3-11(12)17)13(18)16-8-9-4-6-15-7-5-9/h1-7,17H,8H2,(H,16,18).